The molecule has 0 N–H and O–H groups in total. The molecule has 1 aliphatic rings. The lowest BCUT2D eigenvalue weighted by atomic mass is 9.81. The fourth-order valence-electron chi connectivity index (χ4n) is 1.98. The number of ether oxygens (including phenoxy) is 1. The van der Waals surface area contributed by atoms with E-state index in [1.54, 1.807) is 12.0 Å². The lowest BCUT2D eigenvalue weighted by Gasteiger charge is -2.38. The van der Waals surface area contributed by atoms with E-state index in [0.29, 0.717) is 0 Å². The summed E-state index contributed by atoms with van der Waals surface area (Å²) in [6.07, 6.45) is 1.87. The molecule has 90 valence electrons. The van der Waals surface area contributed by atoms with Crippen molar-refractivity contribution in [1.29, 1.82) is 0 Å². The molecular formula is C10H18N4O2. The molecule has 1 saturated heterocycles. The van der Waals surface area contributed by atoms with Gasteiger partial charge in [-0.3, -0.25) is 4.79 Å². The van der Waals surface area contributed by atoms with E-state index in [2.05, 4.69) is 16.9 Å². The lowest BCUT2D eigenvalue weighted by Crippen LogP contribution is -2.44. The summed E-state index contributed by atoms with van der Waals surface area (Å²) in [6.45, 7) is 4.27. The van der Waals surface area contributed by atoms with E-state index < -0.39 is 0 Å². The predicted octanol–water partition coefficient (Wildman–Crippen LogP) is 1.57. The van der Waals surface area contributed by atoms with Gasteiger partial charge in [0, 0.05) is 25.1 Å². The second-order valence-corrected chi connectivity index (χ2v) is 4.51. The van der Waals surface area contributed by atoms with Gasteiger partial charge in [-0.2, -0.15) is 0 Å². The van der Waals surface area contributed by atoms with Crippen LogP contribution in [0.2, 0.25) is 0 Å². The molecule has 0 spiro atoms. The minimum atomic E-state index is -0.0859. The summed E-state index contributed by atoms with van der Waals surface area (Å²) in [7, 11) is 1.70. The number of amides is 1. The number of piperidine rings is 1. The van der Waals surface area contributed by atoms with Crippen LogP contribution in [0.4, 0.5) is 0 Å². The van der Waals surface area contributed by atoms with Crippen molar-refractivity contribution in [2.24, 2.45) is 10.5 Å². The summed E-state index contributed by atoms with van der Waals surface area (Å²) in [5.41, 5.74) is 8.31. The molecule has 6 heteroatoms. The zero-order chi connectivity index (χ0) is 12.0. The Labute approximate surface area is 95.2 Å². The first-order valence-corrected chi connectivity index (χ1v) is 5.39. The van der Waals surface area contributed by atoms with Gasteiger partial charge in [0.05, 0.1) is 6.61 Å². The summed E-state index contributed by atoms with van der Waals surface area (Å²) in [5, 5.41) is 3.28. The number of methoxy groups -OCH3 is 1. The highest BCUT2D eigenvalue weighted by molar-refractivity contribution is 5.78. The third kappa shape index (κ3) is 3.40. The Hall–Kier alpha value is -1.26. The second kappa shape index (κ2) is 5.72. The van der Waals surface area contributed by atoms with Crippen molar-refractivity contribution < 1.29 is 9.53 Å². The Balaban J connectivity index is 2.42. The van der Waals surface area contributed by atoms with E-state index in [0.717, 1.165) is 32.5 Å². The molecule has 0 atom stereocenters. The Morgan fingerprint density at radius 3 is 2.69 bits per heavy atom. The van der Waals surface area contributed by atoms with Crippen LogP contribution >= 0.6 is 0 Å². The van der Waals surface area contributed by atoms with Crippen molar-refractivity contribution in [3.8, 4) is 0 Å². The molecule has 1 aliphatic heterocycles. The van der Waals surface area contributed by atoms with Gasteiger partial charge in [-0.05, 0) is 23.8 Å². The first kappa shape index (κ1) is 12.8. The number of hydrogen-bond acceptors (Lipinski definition) is 3. The summed E-state index contributed by atoms with van der Waals surface area (Å²) in [5.74, 6) is -0.0859. The van der Waals surface area contributed by atoms with Gasteiger partial charge in [0.15, 0.2) is 0 Å². The van der Waals surface area contributed by atoms with Crippen LogP contribution in [0.25, 0.3) is 10.4 Å². The van der Waals surface area contributed by atoms with Crippen LogP contribution in [-0.2, 0) is 9.53 Å². The van der Waals surface area contributed by atoms with Crippen LogP contribution in [0.1, 0.15) is 19.8 Å². The molecule has 1 heterocycles. The van der Waals surface area contributed by atoms with Gasteiger partial charge in [0.25, 0.3) is 0 Å². The van der Waals surface area contributed by atoms with Crippen molar-refractivity contribution in [3.05, 3.63) is 10.4 Å². The topological polar surface area (TPSA) is 78.3 Å². The fraction of sp³-hybridized carbons (Fsp3) is 0.900. The largest absolute Gasteiger partial charge is 0.384 e. The summed E-state index contributed by atoms with van der Waals surface area (Å²) < 4.78 is 5.17. The van der Waals surface area contributed by atoms with Crippen molar-refractivity contribution >= 4 is 5.91 Å². The Kier molecular flexibility index (Phi) is 4.58. The van der Waals surface area contributed by atoms with E-state index in [1.165, 1.54) is 0 Å². The molecule has 0 aliphatic carbocycles. The van der Waals surface area contributed by atoms with Gasteiger partial charge in [-0.25, -0.2) is 0 Å². The standard InChI is InChI=1S/C10H18N4O2/c1-10(8-16-2)3-5-14(6-4-10)9(15)7-12-13-11/h3-8H2,1-2H3. The monoisotopic (exact) mass is 226 g/mol. The highest BCUT2D eigenvalue weighted by Gasteiger charge is 2.31. The molecule has 0 unspecified atom stereocenters. The zero-order valence-electron chi connectivity index (χ0n) is 9.85. The average molecular weight is 226 g/mol. The molecule has 0 aromatic rings. The van der Waals surface area contributed by atoms with Crippen LogP contribution < -0.4 is 0 Å². The Morgan fingerprint density at radius 2 is 2.19 bits per heavy atom. The Bertz CT molecular complexity index is 291. The number of hydrogen-bond donors (Lipinski definition) is 0. The third-order valence-corrected chi connectivity index (χ3v) is 3.09. The maximum absolute atomic E-state index is 11.6. The normalized spacial score (nSPS) is 19.0. The lowest BCUT2D eigenvalue weighted by molar-refractivity contribution is -0.132. The number of carbonyl (C=O) groups is 1. The van der Waals surface area contributed by atoms with E-state index in [1.807, 2.05) is 0 Å². The van der Waals surface area contributed by atoms with Gasteiger partial charge in [-0.1, -0.05) is 12.0 Å². The first-order chi connectivity index (χ1) is 7.61. The highest BCUT2D eigenvalue weighted by atomic mass is 16.5. The Morgan fingerprint density at radius 1 is 1.56 bits per heavy atom. The summed E-state index contributed by atoms with van der Waals surface area (Å²) in [6, 6.07) is 0. The quantitative estimate of drug-likeness (QED) is 0.414. The van der Waals surface area contributed by atoms with E-state index in [-0.39, 0.29) is 17.9 Å². The molecule has 16 heavy (non-hydrogen) atoms. The molecular weight excluding hydrogens is 208 g/mol. The third-order valence-electron chi connectivity index (χ3n) is 3.09. The number of carbonyl (C=O) groups excluding carboxylic acids is 1. The minimum Gasteiger partial charge on any atom is -0.384 e. The molecule has 1 amide bonds. The highest BCUT2D eigenvalue weighted by Crippen LogP contribution is 2.30. The van der Waals surface area contributed by atoms with Crippen LogP contribution in [0, 0.1) is 5.41 Å². The van der Waals surface area contributed by atoms with Crippen molar-refractivity contribution in [2.75, 3.05) is 33.4 Å². The van der Waals surface area contributed by atoms with Crippen molar-refractivity contribution in [1.82, 2.24) is 4.90 Å². The average Bonchev–Trinajstić information content (AvgIpc) is 2.27. The molecule has 0 radical (unpaired) electrons. The van der Waals surface area contributed by atoms with Crippen LogP contribution in [-0.4, -0.2) is 44.2 Å². The number of azide groups is 1. The molecule has 1 fully saturated rings. The van der Waals surface area contributed by atoms with Gasteiger partial charge in [0.1, 0.15) is 6.54 Å². The second-order valence-electron chi connectivity index (χ2n) is 4.51. The van der Waals surface area contributed by atoms with Crippen LogP contribution in [0.15, 0.2) is 5.11 Å². The van der Waals surface area contributed by atoms with E-state index >= 15 is 0 Å². The number of likely N-dealkylation sites (tertiary alicyclic amines) is 1. The van der Waals surface area contributed by atoms with Crippen LogP contribution in [0.3, 0.4) is 0 Å². The molecule has 0 bridgehead atoms. The van der Waals surface area contributed by atoms with Crippen LogP contribution in [0.5, 0.6) is 0 Å². The molecule has 0 saturated carbocycles. The van der Waals surface area contributed by atoms with Gasteiger partial charge in [-0.15, -0.1) is 0 Å². The van der Waals surface area contributed by atoms with Gasteiger partial charge in [0.2, 0.25) is 5.91 Å². The van der Waals surface area contributed by atoms with Gasteiger partial charge < -0.3 is 9.64 Å². The van der Waals surface area contributed by atoms with E-state index in [4.69, 9.17) is 10.3 Å². The minimum absolute atomic E-state index is 0.0719. The molecule has 0 aromatic heterocycles. The van der Waals surface area contributed by atoms with Crippen molar-refractivity contribution in [2.45, 2.75) is 19.8 Å². The smallest absolute Gasteiger partial charge is 0.228 e. The summed E-state index contributed by atoms with van der Waals surface area (Å²) in [4.78, 5) is 15.9. The zero-order valence-corrected chi connectivity index (χ0v) is 9.85. The summed E-state index contributed by atoms with van der Waals surface area (Å²) >= 11 is 0. The fourth-order valence-corrected chi connectivity index (χ4v) is 1.98. The molecule has 1 rings (SSSR count). The number of rotatable bonds is 4. The number of nitrogens with zero attached hydrogens (tertiary/aromatic N) is 4. The van der Waals surface area contributed by atoms with Crippen molar-refractivity contribution in [3.63, 3.8) is 0 Å². The SMILES string of the molecule is COCC1(C)CCN(C(=O)CN=[N+]=[N-])CC1. The maximum Gasteiger partial charge on any atom is 0.228 e. The molecule has 0 aromatic carbocycles. The molecule has 6 nitrogen and oxygen atoms in total. The first-order valence-electron chi connectivity index (χ1n) is 5.39. The maximum atomic E-state index is 11.6. The van der Waals surface area contributed by atoms with E-state index in [9.17, 15) is 4.79 Å². The predicted molar refractivity (Wildman–Crippen MR) is 59.8 cm³/mol. The van der Waals surface area contributed by atoms with Gasteiger partial charge >= 0.3 is 0 Å².